The van der Waals surface area contributed by atoms with Crippen molar-refractivity contribution < 1.29 is 31.7 Å². The average Bonchev–Trinajstić information content (AvgIpc) is 1.56. The SMILES string of the molecule is O=C(O)CC(F)(F)S(=O)(=O)[O-]. The van der Waals surface area contributed by atoms with E-state index in [4.69, 9.17) is 5.11 Å². The van der Waals surface area contributed by atoms with Crippen LogP contribution in [0.4, 0.5) is 8.78 Å². The maximum atomic E-state index is 11.9. The van der Waals surface area contributed by atoms with Crippen molar-refractivity contribution in [3.05, 3.63) is 0 Å². The van der Waals surface area contributed by atoms with Gasteiger partial charge in [-0.25, -0.2) is 8.42 Å². The van der Waals surface area contributed by atoms with Crippen LogP contribution in [0.15, 0.2) is 0 Å². The quantitative estimate of drug-likeness (QED) is 0.609. The molecule has 0 aliphatic carbocycles. The zero-order chi connectivity index (χ0) is 9.28. The molecular formula is C3H3F2O5S-. The summed E-state index contributed by atoms with van der Waals surface area (Å²) in [5.41, 5.74) is 0. The van der Waals surface area contributed by atoms with Crippen molar-refractivity contribution in [1.82, 2.24) is 0 Å². The van der Waals surface area contributed by atoms with Crippen molar-refractivity contribution in [2.45, 2.75) is 11.7 Å². The highest BCUT2D eigenvalue weighted by molar-refractivity contribution is 7.86. The van der Waals surface area contributed by atoms with Gasteiger partial charge in [0.15, 0.2) is 10.1 Å². The number of carboxylic acid groups (broad SMARTS) is 1. The van der Waals surface area contributed by atoms with Crippen LogP contribution in [-0.2, 0) is 14.9 Å². The predicted octanol–water partition coefficient (Wildman–Crippen LogP) is -0.401. The second kappa shape index (κ2) is 2.70. The number of halogens is 2. The topological polar surface area (TPSA) is 94.5 Å². The van der Waals surface area contributed by atoms with Gasteiger partial charge in [-0.2, -0.15) is 8.78 Å². The molecule has 0 fully saturated rings. The summed E-state index contributed by atoms with van der Waals surface area (Å²) in [5.74, 6) is -2.05. The van der Waals surface area contributed by atoms with Gasteiger partial charge in [-0.3, -0.25) is 4.79 Å². The molecule has 0 spiro atoms. The van der Waals surface area contributed by atoms with Crippen LogP contribution in [0.3, 0.4) is 0 Å². The highest BCUT2D eigenvalue weighted by Crippen LogP contribution is 2.23. The van der Waals surface area contributed by atoms with E-state index in [-0.39, 0.29) is 0 Å². The first-order valence-electron chi connectivity index (χ1n) is 2.22. The zero-order valence-electron chi connectivity index (χ0n) is 4.95. The van der Waals surface area contributed by atoms with Crippen LogP contribution in [0.1, 0.15) is 6.42 Å². The monoisotopic (exact) mass is 189 g/mol. The van der Waals surface area contributed by atoms with Crippen molar-refractivity contribution in [2.75, 3.05) is 0 Å². The minimum Gasteiger partial charge on any atom is -0.743 e. The Kier molecular flexibility index (Phi) is 2.51. The fourth-order valence-corrected chi connectivity index (χ4v) is 0.565. The maximum Gasteiger partial charge on any atom is 0.344 e. The summed E-state index contributed by atoms with van der Waals surface area (Å²) in [6.45, 7) is 0. The Labute approximate surface area is 60.4 Å². The largest absolute Gasteiger partial charge is 0.743 e. The fourth-order valence-electron chi connectivity index (χ4n) is 0.264. The molecular weight excluding hydrogens is 186 g/mol. The van der Waals surface area contributed by atoms with Gasteiger partial charge in [0.25, 0.3) is 0 Å². The van der Waals surface area contributed by atoms with Crippen molar-refractivity contribution in [2.24, 2.45) is 0 Å². The second-order valence-electron chi connectivity index (χ2n) is 1.66. The Morgan fingerprint density at radius 2 is 1.91 bits per heavy atom. The summed E-state index contributed by atoms with van der Waals surface area (Å²) in [6, 6.07) is 0. The molecule has 0 rings (SSSR count). The number of rotatable bonds is 3. The summed E-state index contributed by atoms with van der Waals surface area (Å²) in [6.07, 6.45) is -2.00. The lowest BCUT2D eigenvalue weighted by atomic mass is 10.5. The highest BCUT2D eigenvalue weighted by atomic mass is 32.2. The standard InChI is InChI=1S/C3H4F2O5S/c4-3(5,1-2(6)7)11(8,9)10/h1H2,(H,6,7)(H,8,9,10)/p-1. The number of hydrogen-bond donors (Lipinski definition) is 1. The number of aliphatic carboxylic acids is 1. The van der Waals surface area contributed by atoms with Gasteiger partial charge < -0.3 is 9.66 Å². The van der Waals surface area contributed by atoms with Gasteiger partial charge in [-0.05, 0) is 0 Å². The van der Waals surface area contributed by atoms with Crippen LogP contribution >= 0.6 is 0 Å². The third-order valence-electron chi connectivity index (χ3n) is 0.723. The molecule has 0 aliphatic heterocycles. The molecule has 0 aromatic carbocycles. The van der Waals surface area contributed by atoms with E-state index < -0.39 is 27.8 Å². The minimum atomic E-state index is -5.86. The molecule has 0 atom stereocenters. The minimum absolute atomic E-state index is 2.00. The van der Waals surface area contributed by atoms with Crippen molar-refractivity contribution >= 4 is 16.1 Å². The molecule has 11 heavy (non-hydrogen) atoms. The lowest BCUT2D eigenvalue weighted by Gasteiger charge is -2.17. The van der Waals surface area contributed by atoms with Crippen molar-refractivity contribution in [3.8, 4) is 0 Å². The molecule has 0 aromatic heterocycles. The van der Waals surface area contributed by atoms with Crippen LogP contribution in [-0.4, -0.2) is 29.3 Å². The van der Waals surface area contributed by atoms with E-state index in [0.717, 1.165) is 0 Å². The molecule has 0 bridgehead atoms. The van der Waals surface area contributed by atoms with Gasteiger partial charge in [0.1, 0.15) is 6.42 Å². The first-order chi connectivity index (χ1) is 4.67. The van der Waals surface area contributed by atoms with Crippen LogP contribution in [0.5, 0.6) is 0 Å². The zero-order valence-corrected chi connectivity index (χ0v) is 5.77. The number of carboxylic acids is 1. The predicted molar refractivity (Wildman–Crippen MR) is 26.9 cm³/mol. The molecule has 1 N–H and O–H groups in total. The van der Waals surface area contributed by atoms with Gasteiger partial charge in [0, 0.05) is 0 Å². The van der Waals surface area contributed by atoms with E-state index in [1.807, 2.05) is 0 Å². The van der Waals surface area contributed by atoms with Crippen LogP contribution < -0.4 is 0 Å². The van der Waals surface area contributed by atoms with Crippen LogP contribution in [0, 0.1) is 0 Å². The number of hydrogen-bond acceptors (Lipinski definition) is 4. The van der Waals surface area contributed by atoms with Crippen molar-refractivity contribution in [1.29, 1.82) is 0 Å². The molecule has 66 valence electrons. The Hall–Kier alpha value is -0.760. The molecule has 0 heterocycles. The van der Waals surface area contributed by atoms with Gasteiger partial charge in [0.2, 0.25) is 0 Å². The molecule has 0 amide bonds. The Morgan fingerprint density at radius 1 is 1.55 bits per heavy atom. The summed E-state index contributed by atoms with van der Waals surface area (Å²) in [7, 11) is -5.86. The van der Waals surface area contributed by atoms with Crippen molar-refractivity contribution in [3.63, 3.8) is 0 Å². The Morgan fingerprint density at radius 3 is 2.00 bits per heavy atom. The maximum absolute atomic E-state index is 11.9. The van der Waals surface area contributed by atoms with E-state index in [2.05, 4.69) is 0 Å². The smallest absolute Gasteiger partial charge is 0.344 e. The number of carbonyl (C=O) groups is 1. The van der Waals surface area contributed by atoms with E-state index in [9.17, 15) is 26.5 Å². The van der Waals surface area contributed by atoms with E-state index in [1.165, 1.54) is 0 Å². The molecule has 0 saturated carbocycles. The molecule has 8 heteroatoms. The summed E-state index contributed by atoms with van der Waals surface area (Å²) >= 11 is 0. The van der Waals surface area contributed by atoms with E-state index >= 15 is 0 Å². The fraction of sp³-hybridized carbons (Fsp3) is 0.667. The lowest BCUT2D eigenvalue weighted by molar-refractivity contribution is -0.141. The Balaban J connectivity index is 4.62. The van der Waals surface area contributed by atoms with Crippen LogP contribution in [0.25, 0.3) is 0 Å². The molecule has 0 radical (unpaired) electrons. The van der Waals surface area contributed by atoms with Gasteiger partial charge >= 0.3 is 11.2 Å². The van der Waals surface area contributed by atoms with Gasteiger partial charge in [-0.1, -0.05) is 0 Å². The number of alkyl halides is 2. The molecule has 0 unspecified atom stereocenters. The second-order valence-corrected chi connectivity index (χ2v) is 3.17. The van der Waals surface area contributed by atoms with Crippen LogP contribution in [0.2, 0.25) is 0 Å². The van der Waals surface area contributed by atoms with E-state index in [1.54, 1.807) is 0 Å². The molecule has 0 aliphatic rings. The molecule has 0 saturated heterocycles. The third kappa shape index (κ3) is 2.76. The van der Waals surface area contributed by atoms with E-state index in [0.29, 0.717) is 0 Å². The van der Waals surface area contributed by atoms with Gasteiger partial charge in [-0.15, -0.1) is 0 Å². The average molecular weight is 189 g/mol. The highest BCUT2D eigenvalue weighted by Gasteiger charge is 2.40. The first-order valence-corrected chi connectivity index (χ1v) is 3.63. The molecule has 0 aromatic rings. The first kappa shape index (κ1) is 10.2. The summed E-state index contributed by atoms with van der Waals surface area (Å²) in [5, 5.41) is 3.01. The Bertz CT molecular complexity index is 255. The normalized spacial score (nSPS) is 13.0. The van der Waals surface area contributed by atoms with Gasteiger partial charge in [0.05, 0.1) is 0 Å². The lowest BCUT2D eigenvalue weighted by Crippen LogP contribution is -2.31. The third-order valence-corrected chi connectivity index (χ3v) is 1.60. The summed E-state index contributed by atoms with van der Waals surface area (Å²) in [4.78, 5) is 9.58. The molecule has 5 nitrogen and oxygen atoms in total. The summed E-state index contributed by atoms with van der Waals surface area (Å²) < 4.78 is 52.7.